The molecule has 1 saturated carbocycles. The Kier molecular flexibility index (Phi) is 4.00. The molecule has 1 aliphatic heterocycles. The van der Waals surface area contributed by atoms with Crippen molar-refractivity contribution in [1.29, 1.82) is 0 Å². The molecule has 3 rings (SSSR count). The molecule has 1 aromatic rings. The Hall–Kier alpha value is -1.38. The lowest BCUT2D eigenvalue weighted by Crippen LogP contribution is -2.34. The van der Waals surface area contributed by atoms with Crippen molar-refractivity contribution in [2.75, 3.05) is 23.0 Å². The maximum absolute atomic E-state index is 6.51. The first-order valence-corrected chi connectivity index (χ1v) is 8.78. The third-order valence-electron chi connectivity index (χ3n) is 5.75. The number of anilines is 3. The highest BCUT2D eigenvalue weighted by Gasteiger charge is 2.29. The van der Waals surface area contributed by atoms with E-state index in [2.05, 4.69) is 50.2 Å². The lowest BCUT2D eigenvalue weighted by Gasteiger charge is -2.37. The Morgan fingerprint density at radius 2 is 2.05 bits per heavy atom. The van der Waals surface area contributed by atoms with Gasteiger partial charge in [0.2, 0.25) is 0 Å². The molecule has 0 bridgehead atoms. The molecule has 2 aliphatic rings. The van der Waals surface area contributed by atoms with Gasteiger partial charge in [0.05, 0.1) is 11.4 Å². The van der Waals surface area contributed by atoms with Crippen LogP contribution in [0.15, 0.2) is 12.1 Å². The van der Waals surface area contributed by atoms with Crippen molar-refractivity contribution in [3.8, 4) is 0 Å². The predicted molar refractivity (Wildman–Crippen MR) is 96.7 cm³/mol. The fourth-order valence-corrected chi connectivity index (χ4v) is 4.20. The maximum atomic E-state index is 6.51. The summed E-state index contributed by atoms with van der Waals surface area (Å²) in [5.74, 6) is 0. The number of nitrogens with two attached hydrogens (primary N) is 1. The molecule has 1 fully saturated rings. The molecule has 22 heavy (non-hydrogen) atoms. The summed E-state index contributed by atoms with van der Waals surface area (Å²) >= 11 is 0. The minimum Gasteiger partial charge on any atom is -0.397 e. The maximum Gasteiger partial charge on any atom is 0.0603 e. The van der Waals surface area contributed by atoms with Crippen LogP contribution in [0.25, 0.3) is 0 Å². The summed E-state index contributed by atoms with van der Waals surface area (Å²) < 4.78 is 0. The highest BCUT2D eigenvalue weighted by atomic mass is 15.1. The normalized spacial score (nSPS) is 27.4. The zero-order chi connectivity index (χ0) is 15.9. The van der Waals surface area contributed by atoms with Gasteiger partial charge in [0, 0.05) is 30.4 Å². The second-order valence-electron chi connectivity index (χ2n) is 8.12. The second kappa shape index (κ2) is 5.68. The fourth-order valence-electron chi connectivity index (χ4n) is 4.20. The molecule has 0 aromatic heterocycles. The highest BCUT2D eigenvalue weighted by Crippen LogP contribution is 2.40. The van der Waals surface area contributed by atoms with Crippen LogP contribution in [-0.2, 0) is 6.42 Å². The van der Waals surface area contributed by atoms with Crippen molar-refractivity contribution in [3.63, 3.8) is 0 Å². The Morgan fingerprint density at radius 3 is 2.77 bits per heavy atom. The Morgan fingerprint density at radius 1 is 1.27 bits per heavy atom. The summed E-state index contributed by atoms with van der Waals surface area (Å²) in [7, 11) is 2.18. The number of benzene rings is 1. The molecule has 1 aliphatic carbocycles. The first-order valence-electron chi connectivity index (χ1n) is 8.78. The molecule has 2 unspecified atom stereocenters. The van der Waals surface area contributed by atoms with Crippen molar-refractivity contribution in [2.45, 2.75) is 71.4 Å². The minimum absolute atomic E-state index is 0.453. The van der Waals surface area contributed by atoms with E-state index < -0.39 is 0 Å². The number of nitrogens with zero attached hydrogens (tertiary/aromatic N) is 1. The zero-order valence-electron chi connectivity index (χ0n) is 14.6. The van der Waals surface area contributed by atoms with E-state index in [1.807, 2.05) is 0 Å². The van der Waals surface area contributed by atoms with E-state index in [0.717, 1.165) is 17.8 Å². The Balaban J connectivity index is 1.81. The SMILES string of the molecule is CC1CCc2c(ccc(NC3CCCC(C)(C)C3)c2N)N1C. The van der Waals surface area contributed by atoms with Gasteiger partial charge in [0.1, 0.15) is 0 Å². The van der Waals surface area contributed by atoms with E-state index >= 15 is 0 Å². The predicted octanol–water partition coefficient (Wildman–Crippen LogP) is 4.42. The average Bonchev–Trinajstić information content (AvgIpc) is 2.45. The first kappa shape index (κ1) is 15.5. The number of fused-ring (bicyclic) bond motifs is 1. The van der Waals surface area contributed by atoms with E-state index in [4.69, 9.17) is 5.73 Å². The molecular weight excluding hydrogens is 270 g/mol. The van der Waals surface area contributed by atoms with Crippen LogP contribution in [-0.4, -0.2) is 19.1 Å². The van der Waals surface area contributed by atoms with Gasteiger partial charge in [-0.2, -0.15) is 0 Å². The molecule has 0 amide bonds. The molecule has 0 spiro atoms. The molecule has 1 heterocycles. The lowest BCUT2D eigenvalue weighted by molar-refractivity contribution is 0.229. The average molecular weight is 301 g/mol. The van der Waals surface area contributed by atoms with Crippen molar-refractivity contribution >= 4 is 17.1 Å². The summed E-state index contributed by atoms with van der Waals surface area (Å²) in [5.41, 5.74) is 11.7. The third kappa shape index (κ3) is 2.90. The summed E-state index contributed by atoms with van der Waals surface area (Å²) in [6.45, 7) is 7.05. The van der Waals surface area contributed by atoms with E-state index in [1.54, 1.807) is 0 Å². The van der Waals surface area contributed by atoms with Gasteiger partial charge < -0.3 is 16.0 Å². The topological polar surface area (TPSA) is 41.3 Å². The quantitative estimate of drug-likeness (QED) is 0.794. The lowest BCUT2D eigenvalue weighted by atomic mass is 9.75. The molecule has 0 radical (unpaired) electrons. The Labute approximate surface area is 135 Å². The molecular formula is C19H31N3. The van der Waals surface area contributed by atoms with Gasteiger partial charge >= 0.3 is 0 Å². The zero-order valence-corrected chi connectivity index (χ0v) is 14.6. The van der Waals surface area contributed by atoms with Crippen molar-refractivity contribution in [1.82, 2.24) is 0 Å². The van der Waals surface area contributed by atoms with E-state index in [1.165, 1.54) is 43.4 Å². The third-order valence-corrected chi connectivity index (χ3v) is 5.75. The standard InChI is InChI=1S/C19H31N3/c1-13-7-8-15-17(22(13)4)10-9-16(18(15)20)21-14-6-5-11-19(2,3)12-14/h9-10,13-14,21H,5-8,11-12,20H2,1-4H3. The largest absolute Gasteiger partial charge is 0.397 e. The van der Waals surface area contributed by atoms with E-state index in [-0.39, 0.29) is 0 Å². The smallest absolute Gasteiger partial charge is 0.0603 e. The van der Waals surface area contributed by atoms with Gasteiger partial charge in [-0.3, -0.25) is 0 Å². The molecule has 0 saturated heterocycles. The van der Waals surface area contributed by atoms with Crippen LogP contribution in [0.5, 0.6) is 0 Å². The van der Waals surface area contributed by atoms with Crippen molar-refractivity contribution in [2.24, 2.45) is 5.41 Å². The number of hydrogen-bond donors (Lipinski definition) is 2. The minimum atomic E-state index is 0.453. The van der Waals surface area contributed by atoms with Crippen LogP contribution in [0.4, 0.5) is 17.1 Å². The first-order chi connectivity index (χ1) is 10.4. The molecule has 3 nitrogen and oxygen atoms in total. The van der Waals surface area contributed by atoms with Gasteiger partial charge in [-0.05, 0) is 56.6 Å². The van der Waals surface area contributed by atoms with Crippen LogP contribution in [0.2, 0.25) is 0 Å². The molecule has 2 atom stereocenters. The van der Waals surface area contributed by atoms with Gasteiger partial charge in [0.15, 0.2) is 0 Å². The van der Waals surface area contributed by atoms with Crippen LogP contribution >= 0.6 is 0 Å². The summed E-state index contributed by atoms with van der Waals surface area (Å²) in [4.78, 5) is 2.36. The van der Waals surface area contributed by atoms with Crippen LogP contribution in [0, 0.1) is 5.41 Å². The molecule has 3 N–H and O–H groups in total. The Bertz CT molecular complexity index is 550. The van der Waals surface area contributed by atoms with E-state index in [0.29, 0.717) is 17.5 Å². The van der Waals surface area contributed by atoms with Gasteiger partial charge in [0.25, 0.3) is 0 Å². The van der Waals surface area contributed by atoms with Crippen LogP contribution in [0.1, 0.15) is 58.4 Å². The molecule has 122 valence electrons. The summed E-state index contributed by atoms with van der Waals surface area (Å²) in [5, 5.41) is 3.74. The summed E-state index contributed by atoms with van der Waals surface area (Å²) in [6.07, 6.45) is 7.44. The highest BCUT2D eigenvalue weighted by molar-refractivity contribution is 5.78. The number of nitrogen functional groups attached to an aromatic ring is 1. The summed E-state index contributed by atoms with van der Waals surface area (Å²) in [6, 6.07) is 5.59. The van der Waals surface area contributed by atoms with Gasteiger partial charge in [-0.25, -0.2) is 0 Å². The monoisotopic (exact) mass is 301 g/mol. The molecule has 1 aromatic carbocycles. The van der Waals surface area contributed by atoms with E-state index in [9.17, 15) is 0 Å². The number of hydrogen-bond acceptors (Lipinski definition) is 3. The number of rotatable bonds is 2. The second-order valence-corrected chi connectivity index (χ2v) is 8.12. The van der Waals surface area contributed by atoms with Crippen LogP contribution < -0.4 is 16.0 Å². The van der Waals surface area contributed by atoms with Crippen molar-refractivity contribution < 1.29 is 0 Å². The van der Waals surface area contributed by atoms with Crippen molar-refractivity contribution in [3.05, 3.63) is 17.7 Å². The molecule has 3 heteroatoms. The fraction of sp³-hybridized carbons (Fsp3) is 0.684. The van der Waals surface area contributed by atoms with Gasteiger partial charge in [-0.15, -0.1) is 0 Å². The van der Waals surface area contributed by atoms with Crippen LogP contribution in [0.3, 0.4) is 0 Å². The number of nitrogens with one attached hydrogen (secondary N) is 1. The van der Waals surface area contributed by atoms with Gasteiger partial charge in [-0.1, -0.05) is 20.3 Å².